The number of para-hydroxylation sites is 1. The van der Waals surface area contributed by atoms with E-state index in [1.165, 1.54) is 5.69 Å². The summed E-state index contributed by atoms with van der Waals surface area (Å²) in [5.74, 6) is 0.521. The first-order valence-electron chi connectivity index (χ1n) is 8.85. The number of carbonyl (C=O) groups is 1. The molecule has 0 bridgehead atoms. The maximum absolute atomic E-state index is 11.9. The number of amides is 1. The molecule has 1 N–H and O–H groups in total. The Bertz CT molecular complexity index is 683. The van der Waals surface area contributed by atoms with Crippen LogP contribution >= 0.6 is 0 Å². The Morgan fingerprint density at radius 3 is 2.35 bits per heavy atom. The van der Waals surface area contributed by atoms with Gasteiger partial charge in [0.2, 0.25) is 0 Å². The number of hydrogen-bond acceptors (Lipinski definition) is 5. The molecule has 1 amide bonds. The minimum absolute atomic E-state index is 0.490. The molecule has 26 heavy (non-hydrogen) atoms. The van der Waals surface area contributed by atoms with Gasteiger partial charge in [0.1, 0.15) is 5.75 Å². The molecule has 1 aliphatic heterocycles. The SMILES string of the molecule is COCCN1CCN(c2ccc(NC(=O)Oc3ccccc3)cc2)CC1. The van der Waals surface area contributed by atoms with Gasteiger partial charge in [-0.1, -0.05) is 18.2 Å². The van der Waals surface area contributed by atoms with Crippen LogP contribution in [0, 0.1) is 0 Å². The second-order valence-electron chi connectivity index (χ2n) is 6.20. The van der Waals surface area contributed by atoms with Crippen LogP contribution in [0.1, 0.15) is 0 Å². The van der Waals surface area contributed by atoms with Crippen LogP contribution in [0.5, 0.6) is 5.75 Å². The van der Waals surface area contributed by atoms with E-state index in [2.05, 4.69) is 15.1 Å². The topological polar surface area (TPSA) is 54.0 Å². The third-order valence-corrected chi connectivity index (χ3v) is 4.42. The van der Waals surface area contributed by atoms with Gasteiger partial charge in [-0.15, -0.1) is 0 Å². The maximum atomic E-state index is 11.9. The van der Waals surface area contributed by atoms with Gasteiger partial charge in [0.15, 0.2) is 0 Å². The van der Waals surface area contributed by atoms with E-state index in [-0.39, 0.29) is 0 Å². The number of ether oxygens (including phenoxy) is 2. The lowest BCUT2D eigenvalue weighted by molar-refractivity contribution is 0.144. The van der Waals surface area contributed by atoms with Gasteiger partial charge >= 0.3 is 6.09 Å². The van der Waals surface area contributed by atoms with Crippen molar-refractivity contribution < 1.29 is 14.3 Å². The van der Waals surface area contributed by atoms with E-state index in [0.29, 0.717) is 11.4 Å². The molecule has 1 fully saturated rings. The van der Waals surface area contributed by atoms with Crippen molar-refractivity contribution in [2.24, 2.45) is 0 Å². The van der Waals surface area contributed by atoms with Gasteiger partial charge in [-0.3, -0.25) is 10.2 Å². The number of nitrogens with one attached hydrogen (secondary N) is 1. The number of piperazine rings is 1. The molecule has 0 aliphatic carbocycles. The van der Waals surface area contributed by atoms with Crippen LogP contribution in [0.15, 0.2) is 54.6 Å². The van der Waals surface area contributed by atoms with E-state index < -0.39 is 6.09 Å². The van der Waals surface area contributed by atoms with Crippen molar-refractivity contribution >= 4 is 17.5 Å². The minimum atomic E-state index is -0.490. The Labute approximate surface area is 154 Å². The summed E-state index contributed by atoms with van der Waals surface area (Å²) < 4.78 is 10.4. The normalized spacial score (nSPS) is 14.9. The van der Waals surface area contributed by atoms with Gasteiger partial charge in [0, 0.05) is 51.2 Å². The van der Waals surface area contributed by atoms with Gasteiger partial charge in [-0.25, -0.2) is 4.79 Å². The highest BCUT2D eigenvalue weighted by Gasteiger charge is 2.16. The quantitative estimate of drug-likeness (QED) is 0.863. The molecule has 1 saturated heterocycles. The lowest BCUT2D eigenvalue weighted by Gasteiger charge is -2.36. The molecule has 1 heterocycles. The van der Waals surface area contributed by atoms with E-state index in [9.17, 15) is 4.79 Å². The zero-order valence-corrected chi connectivity index (χ0v) is 15.1. The van der Waals surface area contributed by atoms with Gasteiger partial charge in [-0.2, -0.15) is 0 Å². The van der Waals surface area contributed by atoms with Gasteiger partial charge in [-0.05, 0) is 36.4 Å². The van der Waals surface area contributed by atoms with Crippen LogP contribution in [0.2, 0.25) is 0 Å². The highest BCUT2D eigenvalue weighted by molar-refractivity contribution is 5.86. The summed E-state index contributed by atoms with van der Waals surface area (Å²) in [6.45, 7) is 5.81. The van der Waals surface area contributed by atoms with Crippen molar-refractivity contribution in [3.8, 4) is 5.75 Å². The van der Waals surface area contributed by atoms with E-state index >= 15 is 0 Å². The number of anilines is 2. The van der Waals surface area contributed by atoms with Gasteiger partial charge in [0.05, 0.1) is 6.61 Å². The predicted molar refractivity (Wildman–Crippen MR) is 103 cm³/mol. The number of rotatable bonds is 6. The fourth-order valence-electron chi connectivity index (χ4n) is 2.94. The second-order valence-corrected chi connectivity index (χ2v) is 6.20. The number of benzene rings is 2. The van der Waals surface area contributed by atoms with Crippen molar-refractivity contribution in [1.29, 1.82) is 0 Å². The molecule has 3 rings (SSSR count). The standard InChI is InChI=1S/C20H25N3O3/c1-25-16-15-22-11-13-23(14-12-22)18-9-7-17(8-10-18)21-20(24)26-19-5-3-2-4-6-19/h2-10H,11-16H2,1H3,(H,21,24). The second kappa shape index (κ2) is 9.22. The van der Waals surface area contributed by atoms with Crippen molar-refractivity contribution in [3.63, 3.8) is 0 Å². The molecule has 0 spiro atoms. The van der Waals surface area contributed by atoms with Crippen LogP contribution in [-0.2, 0) is 4.74 Å². The Balaban J connectivity index is 1.48. The number of carbonyl (C=O) groups excluding carboxylic acids is 1. The fourth-order valence-corrected chi connectivity index (χ4v) is 2.94. The summed E-state index contributed by atoms with van der Waals surface area (Å²) in [7, 11) is 1.74. The van der Waals surface area contributed by atoms with Crippen molar-refractivity contribution in [2.75, 3.05) is 56.7 Å². The molecule has 1 aliphatic rings. The fraction of sp³-hybridized carbons (Fsp3) is 0.350. The first kappa shape index (κ1) is 18.2. The lowest BCUT2D eigenvalue weighted by Crippen LogP contribution is -2.47. The molecule has 138 valence electrons. The van der Waals surface area contributed by atoms with Crippen LogP contribution in [0.4, 0.5) is 16.2 Å². The Hall–Kier alpha value is -2.57. The smallest absolute Gasteiger partial charge is 0.410 e. The first-order chi connectivity index (χ1) is 12.7. The van der Waals surface area contributed by atoms with Crippen LogP contribution < -0.4 is 15.0 Å². The summed E-state index contributed by atoms with van der Waals surface area (Å²) >= 11 is 0. The summed E-state index contributed by atoms with van der Waals surface area (Å²) in [5, 5.41) is 2.75. The molecule has 0 aromatic heterocycles. The first-order valence-corrected chi connectivity index (χ1v) is 8.85. The van der Waals surface area contributed by atoms with E-state index in [1.54, 1.807) is 19.2 Å². The molecule has 0 radical (unpaired) electrons. The van der Waals surface area contributed by atoms with Crippen molar-refractivity contribution in [2.45, 2.75) is 0 Å². The molecule has 0 unspecified atom stereocenters. The molecule has 2 aromatic rings. The number of hydrogen-bond donors (Lipinski definition) is 1. The summed E-state index contributed by atoms with van der Waals surface area (Å²) in [6.07, 6.45) is -0.490. The van der Waals surface area contributed by atoms with E-state index in [0.717, 1.165) is 39.3 Å². The molecule has 6 nitrogen and oxygen atoms in total. The molecule has 0 saturated carbocycles. The highest BCUT2D eigenvalue weighted by atomic mass is 16.6. The molecular formula is C20H25N3O3. The third kappa shape index (κ3) is 5.21. The Morgan fingerprint density at radius 1 is 1.00 bits per heavy atom. The van der Waals surface area contributed by atoms with E-state index in [1.807, 2.05) is 42.5 Å². The van der Waals surface area contributed by atoms with Crippen LogP contribution in [0.25, 0.3) is 0 Å². The largest absolute Gasteiger partial charge is 0.417 e. The number of methoxy groups -OCH3 is 1. The summed E-state index contributed by atoms with van der Waals surface area (Å²) in [6, 6.07) is 16.9. The maximum Gasteiger partial charge on any atom is 0.417 e. The molecule has 6 heteroatoms. The summed E-state index contributed by atoms with van der Waals surface area (Å²) in [4.78, 5) is 16.7. The Morgan fingerprint density at radius 2 is 1.69 bits per heavy atom. The molecule has 2 aromatic carbocycles. The van der Waals surface area contributed by atoms with Crippen LogP contribution in [0.3, 0.4) is 0 Å². The predicted octanol–water partition coefficient (Wildman–Crippen LogP) is 3.07. The minimum Gasteiger partial charge on any atom is -0.410 e. The Kier molecular flexibility index (Phi) is 6.46. The monoisotopic (exact) mass is 355 g/mol. The van der Waals surface area contributed by atoms with Gasteiger partial charge in [0.25, 0.3) is 0 Å². The van der Waals surface area contributed by atoms with Crippen LogP contribution in [-0.4, -0.2) is 57.4 Å². The average Bonchev–Trinajstić information content (AvgIpc) is 2.68. The average molecular weight is 355 g/mol. The third-order valence-electron chi connectivity index (χ3n) is 4.42. The number of nitrogens with zero attached hydrogens (tertiary/aromatic N) is 2. The molecule has 0 atom stereocenters. The van der Waals surface area contributed by atoms with E-state index in [4.69, 9.17) is 9.47 Å². The molecular weight excluding hydrogens is 330 g/mol. The van der Waals surface area contributed by atoms with Gasteiger partial charge < -0.3 is 14.4 Å². The zero-order chi connectivity index (χ0) is 18.2. The zero-order valence-electron chi connectivity index (χ0n) is 15.1. The van der Waals surface area contributed by atoms with Crippen molar-refractivity contribution in [1.82, 2.24) is 4.90 Å². The summed E-state index contributed by atoms with van der Waals surface area (Å²) in [5.41, 5.74) is 1.88. The lowest BCUT2D eigenvalue weighted by atomic mass is 10.2. The highest BCUT2D eigenvalue weighted by Crippen LogP contribution is 2.20. The van der Waals surface area contributed by atoms with Crippen molar-refractivity contribution in [3.05, 3.63) is 54.6 Å².